The maximum atomic E-state index is 13.6. The number of nitrogens with one attached hydrogen (secondary N) is 1. The molecule has 0 aliphatic carbocycles. The first-order chi connectivity index (χ1) is 17.7. The van der Waals surface area contributed by atoms with Gasteiger partial charge in [-0.3, -0.25) is 9.47 Å². The molecule has 0 bridgehead atoms. The Bertz CT molecular complexity index is 1320. The molecule has 37 heavy (non-hydrogen) atoms. The Morgan fingerprint density at radius 1 is 1.11 bits per heavy atom. The van der Waals surface area contributed by atoms with Crippen LogP contribution in [0.5, 0.6) is 0 Å². The second-order valence-electron chi connectivity index (χ2n) is 9.75. The maximum Gasteiger partial charge on any atom is 0.406 e. The van der Waals surface area contributed by atoms with E-state index >= 15 is 0 Å². The molecule has 2 amide bonds. The van der Waals surface area contributed by atoms with E-state index in [-0.39, 0.29) is 23.5 Å². The number of carbonyl (C=O) groups is 2. The Kier molecular flexibility index (Phi) is 7.68. The fraction of sp³-hybridized carbons (Fsp3) is 0.444. The third-order valence-corrected chi connectivity index (χ3v) is 7.21. The van der Waals surface area contributed by atoms with Gasteiger partial charge in [-0.15, -0.1) is 0 Å². The average Bonchev–Trinajstić information content (AvgIpc) is 3.18. The van der Waals surface area contributed by atoms with E-state index in [0.29, 0.717) is 37.1 Å². The molecule has 3 aromatic rings. The van der Waals surface area contributed by atoms with Crippen LogP contribution in [-0.2, 0) is 10.5 Å². The molecule has 1 unspecified atom stereocenters. The monoisotopic (exact) mass is 511 g/mol. The van der Waals surface area contributed by atoms with Gasteiger partial charge in [0.05, 0.1) is 11.0 Å². The molecule has 1 atom stereocenters. The molecule has 4 rings (SSSR count). The van der Waals surface area contributed by atoms with Crippen molar-refractivity contribution in [2.75, 3.05) is 19.6 Å². The molecule has 2 aromatic carbocycles. The number of piperidine rings is 1. The van der Waals surface area contributed by atoms with Gasteiger partial charge in [0, 0.05) is 37.7 Å². The van der Waals surface area contributed by atoms with Gasteiger partial charge in [0.1, 0.15) is 5.82 Å². The number of hydrogen-bond acceptors (Lipinski definition) is 5. The molecule has 2 heterocycles. The number of nitrogens with zero attached hydrogens (tertiary/aromatic N) is 3. The fourth-order valence-corrected chi connectivity index (χ4v) is 5.36. The summed E-state index contributed by atoms with van der Waals surface area (Å²) in [6, 6.07) is 12.6. The van der Waals surface area contributed by atoms with Crippen LogP contribution in [0.4, 0.5) is 14.0 Å². The molecule has 1 saturated heterocycles. The van der Waals surface area contributed by atoms with Gasteiger partial charge in [-0.05, 0) is 56.9 Å². The molecule has 3 N–H and O–H groups in total. The van der Waals surface area contributed by atoms with E-state index in [1.807, 2.05) is 37.8 Å². The zero-order chi connectivity index (χ0) is 26.7. The molecule has 0 spiro atoms. The summed E-state index contributed by atoms with van der Waals surface area (Å²) in [7, 11) is 0. The number of ether oxygens (including phenoxy) is 1. The van der Waals surface area contributed by atoms with Crippen LogP contribution in [0.2, 0.25) is 0 Å². The number of benzene rings is 2. The maximum absolute atomic E-state index is 13.6. The normalized spacial score (nSPS) is 16.6. The summed E-state index contributed by atoms with van der Waals surface area (Å²) in [4.78, 5) is 40.0. The third-order valence-electron chi connectivity index (χ3n) is 7.21. The van der Waals surface area contributed by atoms with Crippen molar-refractivity contribution in [3.8, 4) is 0 Å². The first kappa shape index (κ1) is 26.4. The van der Waals surface area contributed by atoms with E-state index in [0.717, 1.165) is 18.4 Å². The number of imidazole rings is 1. The van der Waals surface area contributed by atoms with E-state index in [1.54, 1.807) is 28.8 Å². The number of amides is 2. The first-order valence-electron chi connectivity index (χ1n) is 12.7. The Labute approximate surface area is 215 Å². The zero-order valence-corrected chi connectivity index (χ0v) is 21.4. The third kappa shape index (κ3) is 5.11. The molecular weight excluding hydrogens is 477 g/mol. The van der Waals surface area contributed by atoms with Gasteiger partial charge in [-0.1, -0.05) is 31.2 Å². The minimum Gasteiger partial charge on any atom is -0.423 e. The highest BCUT2D eigenvalue weighted by Crippen LogP contribution is 2.37. The minimum absolute atomic E-state index is 0.0849. The Morgan fingerprint density at radius 3 is 2.30 bits per heavy atom. The number of hydrogen-bond donors (Lipinski definition) is 2. The number of carbonyl (C=O) groups excluding carboxylic acids is 2. The lowest BCUT2D eigenvalue weighted by atomic mass is 9.91. The summed E-state index contributed by atoms with van der Waals surface area (Å²) in [6.07, 6.45) is 1.000. The summed E-state index contributed by atoms with van der Waals surface area (Å²) in [6.45, 7) is 7.30. The van der Waals surface area contributed by atoms with E-state index in [1.165, 1.54) is 16.7 Å². The molecule has 0 saturated carbocycles. The number of rotatable bonds is 7. The second-order valence-corrected chi connectivity index (χ2v) is 9.75. The minimum atomic E-state index is -1.10. The summed E-state index contributed by atoms with van der Waals surface area (Å²) >= 11 is 0. The quantitative estimate of drug-likeness (QED) is 0.495. The summed E-state index contributed by atoms with van der Waals surface area (Å²) in [5, 5.41) is 2.94. The predicted octanol–water partition coefficient (Wildman–Crippen LogP) is 4.15. The molecule has 198 valence electrons. The van der Waals surface area contributed by atoms with Gasteiger partial charge in [-0.25, -0.2) is 23.3 Å². The lowest BCUT2D eigenvalue weighted by molar-refractivity contribution is -0.132. The first-order valence-corrected chi connectivity index (χ1v) is 12.7. The SMILES string of the molecule is CCC(OC(N)=O)(c1ccc(F)cc1)N1CCC(CNC(=O)n2c(=O)n(C(C)C)c3ccccc32)CC1. The number of likely N-dealkylation sites (tertiary alicyclic amines) is 1. The Morgan fingerprint density at radius 2 is 1.73 bits per heavy atom. The van der Waals surface area contributed by atoms with Crippen molar-refractivity contribution in [2.24, 2.45) is 11.7 Å². The highest BCUT2D eigenvalue weighted by molar-refractivity contribution is 5.89. The fourth-order valence-electron chi connectivity index (χ4n) is 5.36. The van der Waals surface area contributed by atoms with Crippen LogP contribution in [0.15, 0.2) is 53.3 Å². The molecule has 1 aliphatic rings. The number of nitrogens with two attached hydrogens (primary N) is 1. The Balaban J connectivity index is 1.46. The van der Waals surface area contributed by atoms with Gasteiger partial charge in [-0.2, -0.15) is 0 Å². The van der Waals surface area contributed by atoms with Crippen LogP contribution >= 0.6 is 0 Å². The van der Waals surface area contributed by atoms with Gasteiger partial charge < -0.3 is 15.8 Å². The van der Waals surface area contributed by atoms with Gasteiger partial charge in [0.2, 0.25) is 0 Å². The van der Waals surface area contributed by atoms with Gasteiger partial charge in [0.15, 0.2) is 5.72 Å². The molecule has 1 fully saturated rings. The van der Waals surface area contributed by atoms with Crippen molar-refractivity contribution < 1.29 is 18.7 Å². The number of fused-ring (bicyclic) bond motifs is 1. The highest BCUT2D eigenvalue weighted by atomic mass is 19.1. The van der Waals surface area contributed by atoms with E-state index in [4.69, 9.17) is 10.5 Å². The summed E-state index contributed by atoms with van der Waals surface area (Å²) < 4.78 is 22.0. The number of halogens is 1. The lowest BCUT2D eigenvalue weighted by Crippen LogP contribution is -2.53. The van der Waals surface area contributed by atoms with Gasteiger partial charge in [0.25, 0.3) is 0 Å². The van der Waals surface area contributed by atoms with E-state index < -0.39 is 17.8 Å². The molecule has 10 heteroatoms. The zero-order valence-electron chi connectivity index (χ0n) is 21.4. The van der Waals surface area contributed by atoms with Crippen LogP contribution in [0.25, 0.3) is 11.0 Å². The molecular formula is C27H34FN5O4. The van der Waals surface area contributed by atoms with Crippen LogP contribution < -0.4 is 16.7 Å². The number of aromatic nitrogens is 2. The summed E-state index contributed by atoms with van der Waals surface area (Å²) in [5.74, 6) is -0.205. The van der Waals surface area contributed by atoms with Crippen molar-refractivity contribution in [3.05, 3.63) is 70.4 Å². The van der Waals surface area contributed by atoms with Crippen LogP contribution in [-0.4, -0.2) is 45.8 Å². The largest absolute Gasteiger partial charge is 0.423 e. The van der Waals surface area contributed by atoms with E-state index in [9.17, 15) is 18.8 Å². The van der Waals surface area contributed by atoms with Crippen LogP contribution in [0, 0.1) is 11.7 Å². The van der Waals surface area contributed by atoms with Crippen LogP contribution in [0.3, 0.4) is 0 Å². The van der Waals surface area contributed by atoms with Crippen molar-refractivity contribution in [1.29, 1.82) is 0 Å². The topological polar surface area (TPSA) is 112 Å². The van der Waals surface area contributed by atoms with Crippen molar-refractivity contribution in [3.63, 3.8) is 0 Å². The van der Waals surface area contributed by atoms with Gasteiger partial charge >= 0.3 is 17.8 Å². The molecule has 1 aromatic heterocycles. The van der Waals surface area contributed by atoms with Crippen molar-refractivity contribution >= 4 is 23.2 Å². The van der Waals surface area contributed by atoms with E-state index in [2.05, 4.69) is 5.32 Å². The number of para-hydroxylation sites is 2. The lowest BCUT2D eigenvalue weighted by Gasteiger charge is -2.45. The second kappa shape index (κ2) is 10.8. The molecule has 1 aliphatic heterocycles. The average molecular weight is 512 g/mol. The summed E-state index contributed by atoms with van der Waals surface area (Å²) in [5.41, 5.74) is 5.91. The smallest absolute Gasteiger partial charge is 0.406 e. The highest BCUT2D eigenvalue weighted by Gasteiger charge is 2.42. The molecule has 0 radical (unpaired) electrons. The standard InChI is InChI=1S/C27H34FN5O4/c1-4-27(37-24(29)34,20-9-11-21(28)12-10-20)31-15-13-19(14-16-31)17-30-25(35)33-23-8-6-5-7-22(23)32(18(2)3)26(33)36/h5-12,18-19H,4,13-17H2,1-3H3,(H2,29,34)(H,30,35). The molecule has 9 nitrogen and oxygen atoms in total. The van der Waals surface area contributed by atoms with Crippen molar-refractivity contribution in [1.82, 2.24) is 19.4 Å². The van der Waals surface area contributed by atoms with Crippen molar-refractivity contribution in [2.45, 2.75) is 51.8 Å². The van der Waals surface area contributed by atoms with Crippen LogP contribution in [0.1, 0.15) is 51.6 Å². The predicted molar refractivity (Wildman–Crippen MR) is 139 cm³/mol. The Hall–Kier alpha value is -3.66. The number of primary amides is 1.